The summed E-state index contributed by atoms with van der Waals surface area (Å²) in [6.45, 7) is 6.78. The van der Waals surface area contributed by atoms with Crippen molar-refractivity contribution in [2.45, 2.75) is 38.5 Å². The summed E-state index contributed by atoms with van der Waals surface area (Å²) >= 11 is 0. The SMILES string of the molecule is CC(C)(C)OC(=O)N1[C@@H]2C=C[C@H]1COC2. The van der Waals surface area contributed by atoms with Crippen LogP contribution in [0.4, 0.5) is 4.79 Å². The molecule has 0 radical (unpaired) electrons. The fourth-order valence-electron chi connectivity index (χ4n) is 1.85. The molecule has 0 unspecified atom stereocenters. The van der Waals surface area contributed by atoms with E-state index in [1.165, 1.54) is 0 Å². The smallest absolute Gasteiger partial charge is 0.411 e. The molecule has 15 heavy (non-hydrogen) atoms. The molecule has 84 valence electrons. The van der Waals surface area contributed by atoms with E-state index in [9.17, 15) is 4.79 Å². The minimum atomic E-state index is -0.436. The predicted molar refractivity (Wildman–Crippen MR) is 55.6 cm³/mol. The molecule has 0 aromatic heterocycles. The van der Waals surface area contributed by atoms with Gasteiger partial charge in [-0.3, -0.25) is 4.90 Å². The Morgan fingerprint density at radius 1 is 1.33 bits per heavy atom. The minimum Gasteiger partial charge on any atom is -0.444 e. The highest BCUT2D eigenvalue weighted by Gasteiger charge is 2.38. The van der Waals surface area contributed by atoms with Crippen molar-refractivity contribution in [2.75, 3.05) is 13.2 Å². The number of morpholine rings is 1. The number of amides is 1. The molecule has 4 nitrogen and oxygen atoms in total. The second kappa shape index (κ2) is 3.52. The molecule has 0 spiro atoms. The van der Waals surface area contributed by atoms with Gasteiger partial charge in [0.15, 0.2) is 0 Å². The Kier molecular flexibility index (Phi) is 2.46. The standard InChI is InChI=1S/C11H17NO3/c1-11(2,3)15-10(13)12-8-4-5-9(12)7-14-6-8/h4-5,8-9H,6-7H2,1-3H3/t8-,9+. The fraction of sp³-hybridized carbons (Fsp3) is 0.727. The van der Waals surface area contributed by atoms with Gasteiger partial charge < -0.3 is 9.47 Å². The maximum absolute atomic E-state index is 11.9. The number of ether oxygens (including phenoxy) is 2. The summed E-state index contributed by atoms with van der Waals surface area (Å²) in [5.74, 6) is 0. The van der Waals surface area contributed by atoms with Crippen LogP contribution in [0.1, 0.15) is 20.8 Å². The Balaban J connectivity index is 2.03. The van der Waals surface area contributed by atoms with E-state index in [1.807, 2.05) is 32.9 Å². The van der Waals surface area contributed by atoms with Crippen LogP contribution in [0.3, 0.4) is 0 Å². The van der Waals surface area contributed by atoms with Gasteiger partial charge in [0, 0.05) is 0 Å². The largest absolute Gasteiger partial charge is 0.444 e. The predicted octanol–water partition coefficient (Wildman–Crippen LogP) is 1.56. The van der Waals surface area contributed by atoms with Gasteiger partial charge in [0.2, 0.25) is 0 Å². The highest BCUT2D eigenvalue weighted by molar-refractivity contribution is 5.70. The summed E-state index contributed by atoms with van der Waals surface area (Å²) in [6, 6.07) is 0.109. The second-order valence-electron chi connectivity index (χ2n) is 4.94. The van der Waals surface area contributed by atoms with Gasteiger partial charge in [0.05, 0.1) is 25.3 Å². The van der Waals surface area contributed by atoms with Crippen LogP contribution < -0.4 is 0 Å². The molecule has 2 atom stereocenters. The van der Waals surface area contributed by atoms with Crippen molar-refractivity contribution in [2.24, 2.45) is 0 Å². The molecule has 2 aliphatic rings. The van der Waals surface area contributed by atoms with Gasteiger partial charge >= 0.3 is 6.09 Å². The quantitative estimate of drug-likeness (QED) is 0.571. The molecule has 2 bridgehead atoms. The maximum atomic E-state index is 11.9. The normalized spacial score (nSPS) is 29.4. The molecule has 1 fully saturated rings. The molecule has 0 saturated carbocycles. The molecule has 0 aromatic carbocycles. The number of hydrogen-bond donors (Lipinski definition) is 0. The lowest BCUT2D eigenvalue weighted by molar-refractivity contribution is -0.0311. The van der Waals surface area contributed by atoms with Crippen molar-refractivity contribution in [3.05, 3.63) is 12.2 Å². The Morgan fingerprint density at radius 2 is 1.87 bits per heavy atom. The average molecular weight is 211 g/mol. The second-order valence-corrected chi connectivity index (χ2v) is 4.94. The number of carbonyl (C=O) groups excluding carboxylic acids is 1. The van der Waals surface area contributed by atoms with Gasteiger partial charge in [-0.2, -0.15) is 0 Å². The van der Waals surface area contributed by atoms with Crippen LogP contribution in [-0.2, 0) is 9.47 Å². The molecular formula is C11H17NO3. The van der Waals surface area contributed by atoms with Crippen molar-refractivity contribution in [3.63, 3.8) is 0 Å². The van der Waals surface area contributed by atoms with Crippen LogP contribution >= 0.6 is 0 Å². The Morgan fingerprint density at radius 3 is 2.33 bits per heavy atom. The van der Waals surface area contributed by atoms with Crippen molar-refractivity contribution < 1.29 is 14.3 Å². The van der Waals surface area contributed by atoms with Crippen LogP contribution in [0, 0.1) is 0 Å². The van der Waals surface area contributed by atoms with Gasteiger partial charge in [0.1, 0.15) is 5.60 Å². The fourth-order valence-corrected chi connectivity index (χ4v) is 1.85. The zero-order chi connectivity index (χ0) is 11.1. The monoisotopic (exact) mass is 211 g/mol. The molecule has 2 rings (SSSR count). The molecular weight excluding hydrogens is 194 g/mol. The lowest BCUT2D eigenvalue weighted by atomic mass is 10.2. The molecule has 1 saturated heterocycles. The van der Waals surface area contributed by atoms with E-state index in [1.54, 1.807) is 4.90 Å². The van der Waals surface area contributed by atoms with E-state index in [4.69, 9.17) is 9.47 Å². The van der Waals surface area contributed by atoms with E-state index in [-0.39, 0.29) is 18.2 Å². The summed E-state index contributed by atoms with van der Waals surface area (Å²) in [5.41, 5.74) is -0.436. The van der Waals surface area contributed by atoms with Crippen molar-refractivity contribution in [1.29, 1.82) is 0 Å². The highest BCUT2D eigenvalue weighted by Crippen LogP contribution is 2.24. The van der Waals surface area contributed by atoms with Crippen molar-refractivity contribution in [3.8, 4) is 0 Å². The number of fused-ring (bicyclic) bond motifs is 2. The minimum absolute atomic E-state index is 0.0543. The molecule has 0 aliphatic carbocycles. The third-order valence-electron chi connectivity index (χ3n) is 2.45. The van der Waals surface area contributed by atoms with Gasteiger partial charge in [-0.1, -0.05) is 12.2 Å². The first-order chi connectivity index (χ1) is 6.97. The van der Waals surface area contributed by atoms with Gasteiger partial charge in [-0.15, -0.1) is 0 Å². The Hall–Kier alpha value is -1.03. The number of rotatable bonds is 0. The third-order valence-corrected chi connectivity index (χ3v) is 2.45. The average Bonchev–Trinajstić information content (AvgIpc) is 2.34. The summed E-state index contributed by atoms with van der Waals surface area (Å²) < 4.78 is 10.7. The lowest BCUT2D eigenvalue weighted by Crippen LogP contribution is -2.51. The molecule has 1 amide bonds. The van der Waals surface area contributed by atoms with Gasteiger partial charge in [-0.25, -0.2) is 4.79 Å². The molecule has 0 N–H and O–H groups in total. The molecule has 2 aliphatic heterocycles. The van der Waals surface area contributed by atoms with Gasteiger partial charge in [0.25, 0.3) is 0 Å². The summed E-state index contributed by atoms with van der Waals surface area (Å²) in [4.78, 5) is 13.6. The zero-order valence-electron chi connectivity index (χ0n) is 9.40. The van der Waals surface area contributed by atoms with E-state index in [2.05, 4.69) is 0 Å². The van der Waals surface area contributed by atoms with Crippen molar-refractivity contribution in [1.82, 2.24) is 4.90 Å². The van der Waals surface area contributed by atoms with Crippen molar-refractivity contribution >= 4 is 6.09 Å². The number of hydrogen-bond acceptors (Lipinski definition) is 3. The van der Waals surface area contributed by atoms with E-state index < -0.39 is 5.60 Å². The topological polar surface area (TPSA) is 38.8 Å². The summed E-state index contributed by atoms with van der Waals surface area (Å²) in [7, 11) is 0. The number of carbonyl (C=O) groups is 1. The van der Waals surface area contributed by atoms with Crippen LogP contribution in [-0.4, -0.2) is 41.9 Å². The first-order valence-electron chi connectivity index (χ1n) is 5.25. The molecule has 0 aromatic rings. The maximum Gasteiger partial charge on any atom is 0.411 e. The summed E-state index contributed by atoms with van der Waals surface area (Å²) in [6.07, 6.45) is 3.79. The highest BCUT2D eigenvalue weighted by atomic mass is 16.6. The van der Waals surface area contributed by atoms with Crippen LogP contribution in [0.15, 0.2) is 12.2 Å². The van der Waals surface area contributed by atoms with Gasteiger partial charge in [-0.05, 0) is 20.8 Å². The van der Waals surface area contributed by atoms with E-state index in [0.717, 1.165) is 0 Å². The Bertz CT molecular complexity index is 279. The van der Waals surface area contributed by atoms with E-state index >= 15 is 0 Å². The van der Waals surface area contributed by atoms with Crippen LogP contribution in [0.25, 0.3) is 0 Å². The lowest BCUT2D eigenvalue weighted by Gasteiger charge is -2.35. The first kappa shape index (κ1) is 10.5. The zero-order valence-corrected chi connectivity index (χ0v) is 9.40. The third kappa shape index (κ3) is 2.15. The first-order valence-corrected chi connectivity index (χ1v) is 5.25. The van der Waals surface area contributed by atoms with Crippen LogP contribution in [0.2, 0.25) is 0 Å². The molecule has 4 heteroatoms. The number of nitrogens with zero attached hydrogens (tertiary/aromatic N) is 1. The Labute approximate surface area is 89.8 Å². The molecule has 2 heterocycles. The van der Waals surface area contributed by atoms with E-state index in [0.29, 0.717) is 13.2 Å². The van der Waals surface area contributed by atoms with Crippen LogP contribution in [0.5, 0.6) is 0 Å². The summed E-state index contributed by atoms with van der Waals surface area (Å²) in [5, 5.41) is 0.